The largest absolute Gasteiger partial charge is 0.497 e. The van der Waals surface area contributed by atoms with Gasteiger partial charge in [-0.25, -0.2) is 44.1 Å². The van der Waals surface area contributed by atoms with E-state index in [0.717, 1.165) is 60.3 Å². The fourth-order valence-corrected chi connectivity index (χ4v) is 14.8. The molecule has 17 rings (SSSR count). The summed E-state index contributed by atoms with van der Waals surface area (Å²) in [6, 6.07) is 75.4. The van der Waals surface area contributed by atoms with Crippen LogP contribution in [0.15, 0.2) is 257 Å². The molecule has 1 fully saturated rings. The molecule has 4 aromatic heterocycles. The standard InChI is InChI=1S/C27H25N7O3.C17H14N2O4.C17H11NO3.C10H9NO3.C9H9BrO3.C9H9NO2.C9H7NO2.C9H10O3/c1-37-23-8-6-17(15-22-18-4-2-3-5-19(18)26(35)32-31-22)14-20(23)27(36)34-12-10-33(11-13-34)24-9-7-21-25(30-24)29-16-28-21;1-23-15-7-6-10(8-13(15)17(21)22)9-14-11-4-2-3-5-12(11)16(20)19-18-14;1-20-15-7-6-11(8-12(15)10-18)9-16-13-4-2-3-5-14(13)17(19)21-16;1-13-9-4-3-7(10(12)14-2)5-8(9)6-11;1-12-8-4-3-6(5-7(8)10)9(11)13-2;2*1-12-9-3-2-7(6-11)4-8(9)5-10;1-11-8-5-3-7(4-6-8)9(10)12-2/h2-9,14,16H,10-13,15H2,1H3,(H,32,35)(H,28,29,30);2-8H,9H2,1H3,(H,19,20)(H,21,22);2-9H,1H3;3-5H,1-2H3;3-5H,1-2H3;2-4,11H,6H2,1H3;2-4,6H,1H3;3-6H,1-2H3/b;;16-9-;;;;;. The monoisotopic (exact) mass is 2010 g/mol. The Morgan fingerprint density at radius 2 is 0.882 bits per heavy atom. The third-order valence-corrected chi connectivity index (χ3v) is 22.2. The minimum Gasteiger partial charge on any atom is -0.497 e. The van der Waals surface area contributed by atoms with Crippen molar-refractivity contribution in [3.8, 4) is 70.3 Å². The Hall–Kier alpha value is -18.8. The number of nitrogens with zero attached hydrogens (tertiary/aromatic N) is 10. The van der Waals surface area contributed by atoms with E-state index in [2.05, 4.69) is 76.5 Å². The van der Waals surface area contributed by atoms with Gasteiger partial charge in [-0.2, -0.15) is 31.2 Å². The van der Waals surface area contributed by atoms with Crippen LogP contribution in [0.4, 0.5) is 5.82 Å². The van der Waals surface area contributed by atoms with Crippen LogP contribution >= 0.6 is 15.9 Å². The molecule has 0 atom stereocenters. The molecule has 37 heteroatoms. The molecule has 0 spiro atoms. The van der Waals surface area contributed by atoms with E-state index >= 15 is 0 Å². The number of cyclic esters (lactones) is 1. The van der Waals surface area contributed by atoms with Gasteiger partial charge in [-0.15, -0.1) is 0 Å². The second-order valence-corrected chi connectivity index (χ2v) is 31.0. The molecule has 1 saturated heterocycles. The predicted molar refractivity (Wildman–Crippen MR) is 535 cm³/mol. The Labute approximate surface area is 833 Å². The molecule has 2 aliphatic rings. The van der Waals surface area contributed by atoms with Crippen molar-refractivity contribution in [1.82, 2.24) is 40.2 Å². The van der Waals surface area contributed by atoms with Crippen molar-refractivity contribution in [2.75, 3.05) is 109 Å². The zero-order valence-electron chi connectivity index (χ0n) is 79.5. The van der Waals surface area contributed by atoms with Gasteiger partial charge in [0.15, 0.2) is 5.65 Å². The predicted octanol–water partition coefficient (Wildman–Crippen LogP) is 15.7. The summed E-state index contributed by atoms with van der Waals surface area (Å²) in [6.07, 6.45) is 4.94. The summed E-state index contributed by atoms with van der Waals surface area (Å²) in [5.74, 6) is 2.93. The summed E-state index contributed by atoms with van der Waals surface area (Å²) in [5, 5.41) is 69.3. The highest BCUT2D eigenvalue weighted by Gasteiger charge is 2.29. The molecule has 6 heterocycles. The van der Waals surface area contributed by atoms with E-state index in [-0.39, 0.29) is 47.1 Å². The average Bonchev–Trinajstić information content (AvgIpc) is 0.996. The maximum atomic E-state index is 13.6. The zero-order valence-corrected chi connectivity index (χ0v) is 81.1. The first-order valence-corrected chi connectivity index (χ1v) is 44.0. The Balaban J connectivity index is 0.000000176. The molecule has 0 radical (unpaired) electrons. The number of nitrogens with one attached hydrogen (secondary N) is 3. The normalized spacial score (nSPS) is 11.3. The number of carboxylic acids is 1. The lowest BCUT2D eigenvalue weighted by atomic mass is 10.0. The molecular weight excluding hydrogens is 1920 g/mol. The van der Waals surface area contributed by atoms with Crippen molar-refractivity contribution in [3.05, 3.63) is 368 Å². The first-order chi connectivity index (χ1) is 69.7. The molecule has 0 bridgehead atoms. The fraction of sp³-hybridized carbons (Fsp3) is 0.168. The molecule has 1 amide bonds. The summed E-state index contributed by atoms with van der Waals surface area (Å²) in [6.45, 7) is 2.42. The van der Waals surface area contributed by atoms with Crippen molar-refractivity contribution >= 4 is 108 Å². The summed E-state index contributed by atoms with van der Waals surface area (Å²) in [5.41, 5.74) is 11.0. The highest BCUT2D eigenvalue weighted by atomic mass is 79.9. The topological polar surface area (TPSA) is 505 Å². The molecule has 0 unspecified atom stereocenters. The van der Waals surface area contributed by atoms with Gasteiger partial charge >= 0.3 is 29.8 Å². The lowest BCUT2D eigenvalue weighted by Crippen LogP contribution is -2.49. The van der Waals surface area contributed by atoms with Crippen molar-refractivity contribution in [2.24, 2.45) is 0 Å². The number of aliphatic hydroxyl groups excluding tert-OH is 1. The number of aromatic carboxylic acids is 1. The number of rotatable bonds is 21. The molecule has 732 valence electrons. The number of aromatic nitrogens is 7. The van der Waals surface area contributed by atoms with Gasteiger partial charge < -0.3 is 81.8 Å². The van der Waals surface area contributed by atoms with E-state index in [1.807, 2.05) is 95.9 Å². The highest BCUT2D eigenvalue weighted by molar-refractivity contribution is 9.10. The number of aromatic amines is 3. The van der Waals surface area contributed by atoms with E-state index in [0.29, 0.717) is 175 Å². The number of hydrogen-bond acceptors (Lipinski definition) is 31. The van der Waals surface area contributed by atoms with Gasteiger partial charge in [0.2, 0.25) is 0 Å². The fourth-order valence-electron chi connectivity index (χ4n) is 14.2. The van der Waals surface area contributed by atoms with E-state index in [1.165, 1.54) is 69.0 Å². The molecule has 36 nitrogen and oxygen atoms in total. The van der Waals surface area contributed by atoms with Crippen LogP contribution in [0.1, 0.15) is 134 Å². The van der Waals surface area contributed by atoms with E-state index in [4.69, 9.17) is 68.8 Å². The molecule has 2 aliphatic heterocycles. The van der Waals surface area contributed by atoms with Gasteiger partial charge in [0.05, 0.1) is 173 Å². The number of methoxy groups -OCH3 is 11. The number of imidazole rings is 1. The SMILES string of the molecule is COC(=O)c1ccc(OC)c(Br)c1.COC(=O)c1ccc(OC)c(C#N)c1.COC(=O)c1ccc(OC)cc1.COc1ccc(/C=C2\OC(=O)c3ccccc32)cc1C#N.COc1ccc(C=O)cc1C#N.COc1ccc(CO)cc1C#N.COc1ccc(Cc2n[nH]c(=O)c3ccccc23)cc1C(=O)N1CCN(c2ccc3[nH]cnc3n2)CC1.COc1ccc(Cc2n[nH]c(=O)c3ccccc23)cc1C(=O)O. The lowest BCUT2D eigenvalue weighted by molar-refractivity contribution is 0.0591. The van der Waals surface area contributed by atoms with Crippen LogP contribution in [-0.2, 0) is 38.4 Å². The van der Waals surface area contributed by atoms with Gasteiger partial charge in [0.25, 0.3) is 17.0 Å². The van der Waals surface area contributed by atoms with E-state index in [1.54, 1.807) is 185 Å². The molecule has 0 saturated carbocycles. The van der Waals surface area contributed by atoms with Crippen LogP contribution in [0.2, 0.25) is 0 Å². The Bertz CT molecular complexity index is 7520. The number of esters is 4. The van der Waals surface area contributed by atoms with Crippen molar-refractivity contribution in [2.45, 2.75) is 19.4 Å². The Morgan fingerprint density at radius 3 is 1.38 bits per heavy atom. The number of nitriles is 4. The number of carbonyl (C=O) groups excluding carboxylic acids is 6. The molecule has 144 heavy (non-hydrogen) atoms. The molecule has 0 aliphatic carbocycles. The average molecular weight is 2010 g/mol. The molecule has 15 aromatic rings. The van der Waals surface area contributed by atoms with Crippen molar-refractivity contribution < 1.29 is 101 Å². The maximum Gasteiger partial charge on any atom is 0.344 e. The number of carboxylic acid groups (broad SMARTS) is 1. The van der Waals surface area contributed by atoms with Gasteiger partial charge in [-0.05, 0) is 202 Å². The van der Waals surface area contributed by atoms with Crippen LogP contribution in [0, 0.1) is 45.3 Å². The number of hydrogen-bond donors (Lipinski definition) is 5. The minimum absolute atomic E-state index is 0.0569. The Kier molecular flexibility index (Phi) is 39.6. The van der Waals surface area contributed by atoms with Crippen LogP contribution < -0.4 is 53.9 Å². The van der Waals surface area contributed by atoms with Crippen molar-refractivity contribution in [1.29, 1.82) is 21.0 Å². The smallest absolute Gasteiger partial charge is 0.344 e. The number of fused-ring (bicyclic) bond motifs is 4. The molecule has 5 N–H and O–H groups in total. The Morgan fingerprint density at radius 1 is 0.451 bits per heavy atom. The summed E-state index contributed by atoms with van der Waals surface area (Å²) < 4.78 is 60.0. The quantitative estimate of drug-likeness (QED) is 0.0253. The van der Waals surface area contributed by atoms with E-state index < -0.39 is 11.9 Å². The van der Waals surface area contributed by atoms with Crippen molar-refractivity contribution in [3.63, 3.8) is 0 Å². The summed E-state index contributed by atoms with van der Waals surface area (Å²) >= 11 is 3.27. The number of pyridine rings is 1. The van der Waals surface area contributed by atoms with Gasteiger partial charge in [0, 0.05) is 60.9 Å². The van der Waals surface area contributed by atoms with Crippen LogP contribution in [0.5, 0.6) is 46.0 Å². The van der Waals surface area contributed by atoms with Crippen LogP contribution in [0.25, 0.3) is 44.5 Å². The summed E-state index contributed by atoms with van der Waals surface area (Å²) in [4.78, 5) is 120. The molecular formula is C107H94BrN13O23. The number of carbonyl (C=O) groups is 7. The first kappa shape index (κ1) is 107. The maximum absolute atomic E-state index is 13.6. The number of H-pyrrole nitrogens is 3. The summed E-state index contributed by atoms with van der Waals surface area (Å²) in [7, 11) is 16.1. The van der Waals surface area contributed by atoms with Gasteiger partial charge in [0.1, 0.15) is 93.7 Å². The second-order valence-electron chi connectivity index (χ2n) is 30.1. The number of aldehydes is 1. The third kappa shape index (κ3) is 28.0. The second kappa shape index (κ2) is 53.2. The number of ether oxygens (including phenoxy) is 12. The van der Waals surface area contributed by atoms with E-state index in [9.17, 15) is 48.3 Å². The van der Waals surface area contributed by atoms with Crippen LogP contribution in [-0.4, -0.2) is 197 Å². The number of piperazine rings is 1. The minimum atomic E-state index is -1.05. The third-order valence-electron chi connectivity index (χ3n) is 21.6. The molecule has 11 aromatic carbocycles. The number of benzene rings is 11. The number of anilines is 1. The highest BCUT2D eigenvalue weighted by Crippen LogP contribution is 2.34. The zero-order chi connectivity index (χ0) is 104. The van der Waals surface area contributed by atoms with Gasteiger partial charge in [-0.3, -0.25) is 19.2 Å². The number of aliphatic hydroxyl groups is 1. The number of amides is 1. The van der Waals surface area contributed by atoms with Gasteiger partial charge in [-0.1, -0.05) is 78.9 Å². The number of halogens is 1. The first-order valence-electron chi connectivity index (χ1n) is 43.2. The van der Waals surface area contributed by atoms with Crippen LogP contribution in [0.3, 0.4) is 0 Å². The lowest BCUT2D eigenvalue weighted by Gasteiger charge is -2.35.